The molecule has 0 heterocycles. The number of benzene rings is 1. The topological polar surface area (TPSA) is 12.0 Å². The zero-order valence-electron chi connectivity index (χ0n) is 10.6. The first kappa shape index (κ1) is 14.7. The van der Waals surface area contributed by atoms with Gasteiger partial charge in [-0.15, -0.1) is 0 Å². The van der Waals surface area contributed by atoms with Crippen LogP contribution in [0.1, 0.15) is 31.7 Å². The molecule has 0 bridgehead atoms. The van der Waals surface area contributed by atoms with Crippen molar-refractivity contribution in [1.82, 2.24) is 5.32 Å². The van der Waals surface area contributed by atoms with Gasteiger partial charge in [0.15, 0.2) is 0 Å². The fourth-order valence-corrected chi connectivity index (χ4v) is 4.18. The average Bonchev–Trinajstić information content (AvgIpc) is 2.79. The summed E-state index contributed by atoms with van der Waals surface area (Å²) in [6.45, 7) is 3.11. The van der Waals surface area contributed by atoms with Crippen LogP contribution in [0.25, 0.3) is 0 Å². The molecular weight excluding hydrogens is 330 g/mol. The van der Waals surface area contributed by atoms with E-state index in [0.29, 0.717) is 6.04 Å². The quantitative estimate of drug-likeness (QED) is 0.815. The monoisotopic (exact) mass is 347 g/mol. The molecule has 1 aromatic carbocycles. The van der Waals surface area contributed by atoms with Crippen LogP contribution >= 0.6 is 39.3 Å². The third-order valence-corrected chi connectivity index (χ3v) is 5.47. The predicted molar refractivity (Wildman–Crippen MR) is 85.6 cm³/mol. The normalized spacial score (nSPS) is 23.5. The SMILES string of the molecule is CCSC1CCC(NCc2cc(Br)ccc2Cl)C1. The summed E-state index contributed by atoms with van der Waals surface area (Å²) >= 11 is 11.8. The van der Waals surface area contributed by atoms with Crippen LogP contribution in [0, 0.1) is 0 Å². The molecule has 0 radical (unpaired) electrons. The Morgan fingerprint density at radius 1 is 1.44 bits per heavy atom. The lowest BCUT2D eigenvalue weighted by molar-refractivity contribution is 0.525. The van der Waals surface area contributed by atoms with Crippen molar-refractivity contribution in [2.45, 2.75) is 44.0 Å². The highest BCUT2D eigenvalue weighted by molar-refractivity contribution is 9.10. The lowest BCUT2D eigenvalue weighted by Crippen LogP contribution is -2.26. The summed E-state index contributed by atoms with van der Waals surface area (Å²) in [4.78, 5) is 0. The van der Waals surface area contributed by atoms with Crippen molar-refractivity contribution >= 4 is 39.3 Å². The van der Waals surface area contributed by atoms with Gasteiger partial charge in [0.05, 0.1) is 0 Å². The zero-order chi connectivity index (χ0) is 13.0. The first-order chi connectivity index (χ1) is 8.69. The third-order valence-electron chi connectivity index (χ3n) is 3.38. The van der Waals surface area contributed by atoms with Gasteiger partial charge in [-0.25, -0.2) is 0 Å². The molecule has 2 atom stereocenters. The number of hydrogen-bond acceptors (Lipinski definition) is 2. The van der Waals surface area contributed by atoms with Crippen molar-refractivity contribution in [3.8, 4) is 0 Å². The molecule has 1 aromatic rings. The van der Waals surface area contributed by atoms with Gasteiger partial charge in [0.1, 0.15) is 0 Å². The summed E-state index contributed by atoms with van der Waals surface area (Å²) < 4.78 is 1.09. The van der Waals surface area contributed by atoms with Crippen molar-refractivity contribution < 1.29 is 0 Å². The van der Waals surface area contributed by atoms with E-state index in [0.717, 1.165) is 21.3 Å². The van der Waals surface area contributed by atoms with Gasteiger partial charge in [-0.2, -0.15) is 11.8 Å². The summed E-state index contributed by atoms with van der Waals surface area (Å²) in [6, 6.07) is 6.69. The van der Waals surface area contributed by atoms with Crippen molar-refractivity contribution in [2.75, 3.05) is 5.75 Å². The molecule has 0 spiro atoms. The molecule has 0 aliphatic heterocycles. The van der Waals surface area contributed by atoms with Crippen molar-refractivity contribution in [2.24, 2.45) is 0 Å². The molecule has 0 amide bonds. The minimum atomic E-state index is 0.657. The molecule has 2 unspecified atom stereocenters. The highest BCUT2D eigenvalue weighted by atomic mass is 79.9. The van der Waals surface area contributed by atoms with E-state index in [2.05, 4.69) is 46.0 Å². The van der Waals surface area contributed by atoms with E-state index in [4.69, 9.17) is 11.6 Å². The van der Waals surface area contributed by atoms with E-state index in [9.17, 15) is 0 Å². The number of halogens is 2. The van der Waals surface area contributed by atoms with Crippen molar-refractivity contribution in [1.29, 1.82) is 0 Å². The standard InChI is InChI=1S/C14H19BrClNS/c1-2-18-13-5-4-12(8-13)17-9-10-7-11(15)3-6-14(10)16/h3,6-7,12-13,17H,2,4-5,8-9H2,1H3. The maximum atomic E-state index is 6.20. The molecule has 0 saturated heterocycles. The molecule has 1 N–H and O–H groups in total. The third kappa shape index (κ3) is 4.16. The minimum Gasteiger partial charge on any atom is -0.310 e. The van der Waals surface area contributed by atoms with Crippen LogP contribution in [0.4, 0.5) is 0 Å². The van der Waals surface area contributed by atoms with Crippen LogP contribution in [0.2, 0.25) is 5.02 Å². The van der Waals surface area contributed by atoms with E-state index in [1.54, 1.807) is 0 Å². The highest BCUT2D eigenvalue weighted by Crippen LogP contribution is 2.30. The zero-order valence-corrected chi connectivity index (χ0v) is 13.7. The molecule has 1 saturated carbocycles. The van der Waals surface area contributed by atoms with Crippen LogP contribution in [-0.4, -0.2) is 17.0 Å². The molecule has 2 rings (SSSR count). The maximum Gasteiger partial charge on any atom is 0.0451 e. The number of nitrogens with one attached hydrogen (secondary N) is 1. The Labute approximate surface area is 127 Å². The molecule has 18 heavy (non-hydrogen) atoms. The largest absolute Gasteiger partial charge is 0.310 e. The average molecular weight is 349 g/mol. The number of hydrogen-bond donors (Lipinski definition) is 1. The summed E-state index contributed by atoms with van der Waals surface area (Å²) in [7, 11) is 0. The second kappa shape index (κ2) is 7.18. The summed E-state index contributed by atoms with van der Waals surface area (Å²) in [5.41, 5.74) is 1.18. The predicted octanol–water partition coefficient (Wildman–Crippen LogP) is 4.87. The Morgan fingerprint density at radius 2 is 2.28 bits per heavy atom. The Hall–Kier alpha value is 0.300. The van der Waals surface area contributed by atoms with Gasteiger partial charge in [0, 0.05) is 27.3 Å². The van der Waals surface area contributed by atoms with Crippen LogP contribution < -0.4 is 5.32 Å². The van der Waals surface area contributed by atoms with E-state index in [1.165, 1.54) is 30.6 Å². The highest BCUT2D eigenvalue weighted by Gasteiger charge is 2.23. The molecule has 1 aliphatic carbocycles. The summed E-state index contributed by atoms with van der Waals surface area (Å²) in [5, 5.41) is 5.34. The van der Waals surface area contributed by atoms with E-state index in [-0.39, 0.29) is 0 Å². The minimum absolute atomic E-state index is 0.657. The van der Waals surface area contributed by atoms with Crippen molar-refractivity contribution in [3.63, 3.8) is 0 Å². The van der Waals surface area contributed by atoms with Gasteiger partial charge >= 0.3 is 0 Å². The molecular formula is C14H19BrClNS. The smallest absolute Gasteiger partial charge is 0.0451 e. The second-order valence-electron chi connectivity index (χ2n) is 4.70. The van der Waals surface area contributed by atoms with E-state index < -0.39 is 0 Å². The van der Waals surface area contributed by atoms with E-state index >= 15 is 0 Å². The van der Waals surface area contributed by atoms with Crippen LogP contribution in [0.3, 0.4) is 0 Å². The summed E-state index contributed by atoms with van der Waals surface area (Å²) in [6.07, 6.45) is 3.94. The van der Waals surface area contributed by atoms with Crippen LogP contribution in [0.5, 0.6) is 0 Å². The molecule has 1 aliphatic rings. The Kier molecular flexibility index (Phi) is 5.87. The van der Waals surface area contributed by atoms with Gasteiger partial charge in [-0.05, 0) is 48.8 Å². The second-order valence-corrected chi connectivity index (χ2v) is 7.60. The maximum absolute atomic E-state index is 6.20. The molecule has 1 nitrogen and oxygen atoms in total. The molecule has 4 heteroatoms. The van der Waals surface area contributed by atoms with Gasteiger partial charge in [-0.3, -0.25) is 0 Å². The fourth-order valence-electron chi connectivity index (χ4n) is 2.45. The lowest BCUT2D eigenvalue weighted by Gasteiger charge is -2.14. The van der Waals surface area contributed by atoms with Gasteiger partial charge < -0.3 is 5.32 Å². The van der Waals surface area contributed by atoms with Gasteiger partial charge in [-0.1, -0.05) is 34.5 Å². The van der Waals surface area contributed by atoms with Gasteiger partial charge in [0.2, 0.25) is 0 Å². The van der Waals surface area contributed by atoms with Crippen molar-refractivity contribution in [3.05, 3.63) is 33.3 Å². The van der Waals surface area contributed by atoms with Gasteiger partial charge in [0.25, 0.3) is 0 Å². The Morgan fingerprint density at radius 3 is 3.06 bits per heavy atom. The lowest BCUT2D eigenvalue weighted by atomic mass is 10.2. The van der Waals surface area contributed by atoms with Crippen LogP contribution in [0.15, 0.2) is 22.7 Å². The Bertz CT molecular complexity index is 399. The first-order valence-corrected chi connectivity index (χ1v) is 8.70. The Balaban J connectivity index is 1.83. The van der Waals surface area contributed by atoms with Crippen LogP contribution in [-0.2, 0) is 6.54 Å². The molecule has 1 fully saturated rings. The first-order valence-electron chi connectivity index (χ1n) is 6.48. The molecule has 0 aromatic heterocycles. The summed E-state index contributed by atoms with van der Waals surface area (Å²) in [5.74, 6) is 1.23. The number of thioether (sulfide) groups is 1. The molecule has 100 valence electrons. The van der Waals surface area contributed by atoms with E-state index in [1.807, 2.05) is 12.1 Å². The fraction of sp³-hybridized carbons (Fsp3) is 0.571. The number of rotatable bonds is 5.